The number of nitrogens with one attached hydrogen (secondary N) is 1. The lowest BCUT2D eigenvalue weighted by Gasteiger charge is -2.15. The van der Waals surface area contributed by atoms with Gasteiger partial charge in [-0.25, -0.2) is 0 Å². The molecule has 37 heavy (non-hydrogen) atoms. The molecule has 0 aliphatic carbocycles. The van der Waals surface area contributed by atoms with E-state index in [9.17, 15) is 14.4 Å². The number of carbonyl (C=O) groups is 2. The number of benzene rings is 3. The average Bonchev–Trinajstić information content (AvgIpc) is 3.38. The Kier molecular flexibility index (Phi) is 6.27. The third-order valence-electron chi connectivity index (χ3n) is 6.19. The Morgan fingerprint density at radius 2 is 1.62 bits per heavy atom. The van der Waals surface area contributed by atoms with Crippen LogP contribution < -0.4 is 29.7 Å². The van der Waals surface area contributed by atoms with Gasteiger partial charge in [-0.05, 0) is 61.0 Å². The molecule has 0 saturated carbocycles. The highest BCUT2D eigenvalue weighted by Gasteiger charge is 2.22. The Morgan fingerprint density at radius 3 is 2.30 bits per heavy atom. The summed E-state index contributed by atoms with van der Waals surface area (Å²) in [6.07, 6.45) is 1.42. The molecule has 1 aliphatic rings. The average molecular weight is 501 g/mol. The van der Waals surface area contributed by atoms with E-state index in [0.717, 1.165) is 5.56 Å². The molecule has 1 aromatic heterocycles. The Labute approximate surface area is 212 Å². The second-order valence-electron chi connectivity index (χ2n) is 8.51. The highest BCUT2D eigenvalue weighted by Crippen LogP contribution is 2.35. The topological polar surface area (TPSA) is 105 Å². The van der Waals surface area contributed by atoms with Crippen LogP contribution in [0.15, 0.2) is 65.6 Å². The fourth-order valence-corrected chi connectivity index (χ4v) is 4.22. The summed E-state index contributed by atoms with van der Waals surface area (Å²) in [5, 5.41) is 3.13. The highest BCUT2D eigenvalue weighted by atomic mass is 16.7. The van der Waals surface area contributed by atoms with Gasteiger partial charge in [0.25, 0.3) is 0 Å². The maximum Gasteiger partial charge on any atom is 0.244 e. The Morgan fingerprint density at radius 1 is 0.946 bits per heavy atom. The number of fused-ring (bicyclic) bond motifs is 2. The molecule has 2 heterocycles. The Bertz CT molecular complexity index is 1590. The van der Waals surface area contributed by atoms with Crippen molar-refractivity contribution < 1.29 is 28.5 Å². The summed E-state index contributed by atoms with van der Waals surface area (Å²) >= 11 is 0. The molecule has 1 N–H and O–H groups in total. The van der Waals surface area contributed by atoms with Crippen molar-refractivity contribution in [1.29, 1.82) is 0 Å². The smallest absolute Gasteiger partial charge is 0.244 e. The fourth-order valence-electron chi connectivity index (χ4n) is 4.22. The predicted octanol–water partition coefficient (Wildman–Crippen LogP) is 3.93. The number of hydrogen-bond acceptors (Lipinski definition) is 7. The minimum absolute atomic E-state index is 0.0225. The maximum absolute atomic E-state index is 13.4. The first-order chi connectivity index (χ1) is 17.9. The molecule has 0 bridgehead atoms. The van der Waals surface area contributed by atoms with Crippen molar-refractivity contribution in [3.8, 4) is 23.0 Å². The van der Waals surface area contributed by atoms with Crippen LogP contribution in [-0.2, 0) is 11.3 Å². The van der Waals surface area contributed by atoms with Crippen molar-refractivity contribution in [1.82, 2.24) is 4.57 Å². The van der Waals surface area contributed by atoms with Gasteiger partial charge in [0.1, 0.15) is 18.0 Å². The van der Waals surface area contributed by atoms with Gasteiger partial charge in [0.2, 0.25) is 18.1 Å². The van der Waals surface area contributed by atoms with Gasteiger partial charge in [0, 0.05) is 23.5 Å². The Hall–Kier alpha value is -4.79. The number of amides is 1. The fraction of sp³-hybridized carbons (Fsp3) is 0.179. The van der Waals surface area contributed by atoms with Crippen LogP contribution in [0.5, 0.6) is 23.0 Å². The minimum atomic E-state index is -0.465. The van der Waals surface area contributed by atoms with Crippen molar-refractivity contribution >= 4 is 28.3 Å². The first-order valence-corrected chi connectivity index (χ1v) is 11.5. The summed E-state index contributed by atoms with van der Waals surface area (Å²) in [7, 11) is 3.10. The zero-order chi connectivity index (χ0) is 26.1. The predicted molar refractivity (Wildman–Crippen MR) is 137 cm³/mol. The van der Waals surface area contributed by atoms with E-state index in [1.54, 1.807) is 60.2 Å². The van der Waals surface area contributed by atoms with Crippen molar-refractivity contribution in [3.63, 3.8) is 0 Å². The zero-order valence-electron chi connectivity index (χ0n) is 20.5. The van der Waals surface area contributed by atoms with Crippen LogP contribution in [-0.4, -0.2) is 37.3 Å². The second-order valence-corrected chi connectivity index (χ2v) is 8.51. The molecule has 3 aromatic carbocycles. The summed E-state index contributed by atoms with van der Waals surface area (Å²) in [5.41, 5.74) is 1.70. The number of aromatic nitrogens is 1. The molecule has 0 spiro atoms. The summed E-state index contributed by atoms with van der Waals surface area (Å²) < 4.78 is 22.9. The summed E-state index contributed by atoms with van der Waals surface area (Å²) in [6, 6.07) is 15.0. The SMILES string of the molecule is COc1ccc(C(=O)c2cn(CC(=O)Nc3ccc(OC)cc3C)c3cc4c(cc3c2=O)OCO4)cc1. The van der Waals surface area contributed by atoms with E-state index >= 15 is 0 Å². The van der Waals surface area contributed by atoms with Crippen molar-refractivity contribution in [2.45, 2.75) is 13.5 Å². The van der Waals surface area contributed by atoms with Gasteiger partial charge in [-0.1, -0.05) is 0 Å². The Balaban J connectivity index is 1.55. The van der Waals surface area contributed by atoms with Gasteiger partial charge >= 0.3 is 0 Å². The summed E-state index contributed by atoms with van der Waals surface area (Å²) in [4.78, 5) is 39.9. The number of aryl methyl sites for hydroxylation is 1. The second kappa shape index (κ2) is 9.69. The van der Waals surface area contributed by atoms with Gasteiger partial charge in [-0.15, -0.1) is 0 Å². The lowest BCUT2D eigenvalue weighted by Crippen LogP contribution is -2.24. The summed E-state index contributed by atoms with van der Waals surface area (Å²) in [5.74, 6) is 1.33. The zero-order valence-corrected chi connectivity index (χ0v) is 20.5. The van der Waals surface area contributed by atoms with Gasteiger partial charge in [-0.2, -0.15) is 0 Å². The third-order valence-corrected chi connectivity index (χ3v) is 6.19. The van der Waals surface area contributed by atoms with E-state index < -0.39 is 11.2 Å². The van der Waals surface area contributed by atoms with Crippen molar-refractivity contribution in [2.75, 3.05) is 26.3 Å². The molecule has 0 unspecified atom stereocenters. The van der Waals surface area contributed by atoms with Gasteiger partial charge < -0.3 is 28.8 Å². The first kappa shape index (κ1) is 23.9. The van der Waals surface area contributed by atoms with Crippen molar-refractivity contribution in [2.24, 2.45) is 0 Å². The molecular formula is C28H24N2O7. The normalized spacial score (nSPS) is 11.9. The molecule has 9 nitrogen and oxygen atoms in total. The van der Waals surface area contributed by atoms with Crippen LogP contribution in [0.4, 0.5) is 5.69 Å². The standard InChI is InChI=1S/C28H24N2O7/c1-16-10-19(35-3)8-9-22(16)29-26(31)14-30-13-21(27(32)17-4-6-18(34-2)7-5-17)28(33)20-11-24-25(12-23(20)30)37-15-36-24/h4-13H,14-15H2,1-3H3,(H,29,31). The molecule has 1 amide bonds. The van der Waals surface area contributed by atoms with Crippen molar-refractivity contribution in [3.05, 3.63) is 87.7 Å². The number of pyridine rings is 1. The van der Waals surface area contributed by atoms with Gasteiger partial charge in [0.05, 0.1) is 30.7 Å². The molecule has 1 aliphatic heterocycles. The number of nitrogens with zero attached hydrogens (tertiary/aromatic N) is 1. The number of methoxy groups -OCH3 is 2. The number of ether oxygens (including phenoxy) is 4. The molecule has 188 valence electrons. The van der Waals surface area contributed by atoms with E-state index in [1.165, 1.54) is 13.3 Å². The number of anilines is 1. The number of hydrogen-bond donors (Lipinski definition) is 1. The molecule has 4 aromatic rings. The third kappa shape index (κ3) is 4.58. The number of ketones is 1. The van der Waals surface area contributed by atoms with E-state index in [-0.39, 0.29) is 30.2 Å². The molecular weight excluding hydrogens is 476 g/mol. The van der Waals surface area contributed by atoms with Crippen LogP contribution >= 0.6 is 0 Å². The molecule has 0 atom stereocenters. The monoisotopic (exact) mass is 500 g/mol. The van der Waals surface area contributed by atoms with E-state index in [0.29, 0.717) is 39.8 Å². The maximum atomic E-state index is 13.4. The molecule has 0 saturated heterocycles. The molecule has 5 rings (SSSR count). The lowest BCUT2D eigenvalue weighted by atomic mass is 10.0. The van der Waals surface area contributed by atoms with Crippen LogP contribution in [0.1, 0.15) is 21.5 Å². The highest BCUT2D eigenvalue weighted by molar-refractivity contribution is 6.10. The lowest BCUT2D eigenvalue weighted by molar-refractivity contribution is -0.116. The van der Waals surface area contributed by atoms with Crippen LogP contribution in [0, 0.1) is 6.92 Å². The molecule has 0 radical (unpaired) electrons. The van der Waals surface area contributed by atoms with Crippen LogP contribution in [0.3, 0.4) is 0 Å². The first-order valence-electron chi connectivity index (χ1n) is 11.5. The largest absolute Gasteiger partial charge is 0.497 e. The quantitative estimate of drug-likeness (QED) is 0.384. The molecule has 0 fully saturated rings. The van der Waals surface area contributed by atoms with Crippen LogP contribution in [0.2, 0.25) is 0 Å². The molecule has 9 heteroatoms. The van der Waals surface area contributed by atoms with Gasteiger partial charge in [0.15, 0.2) is 17.3 Å². The van der Waals surface area contributed by atoms with E-state index in [4.69, 9.17) is 18.9 Å². The van der Waals surface area contributed by atoms with E-state index in [1.807, 2.05) is 13.0 Å². The number of carbonyl (C=O) groups excluding carboxylic acids is 2. The summed E-state index contributed by atoms with van der Waals surface area (Å²) in [6.45, 7) is 1.73. The minimum Gasteiger partial charge on any atom is -0.497 e. The van der Waals surface area contributed by atoms with Gasteiger partial charge in [-0.3, -0.25) is 14.4 Å². The van der Waals surface area contributed by atoms with Crippen LogP contribution in [0.25, 0.3) is 10.9 Å². The number of rotatable bonds is 7. The van der Waals surface area contributed by atoms with E-state index in [2.05, 4.69) is 5.32 Å².